The van der Waals surface area contributed by atoms with E-state index in [2.05, 4.69) is 26.5 Å². The number of esters is 1. The fraction of sp³-hybridized carbons (Fsp3) is 0.0455. The normalized spacial score (nSPS) is 11.8. The minimum Gasteiger partial charge on any atom is -0.423 e. The second kappa shape index (κ2) is 9.77. The Morgan fingerprint density at radius 1 is 0.966 bits per heavy atom. The van der Waals surface area contributed by atoms with Crippen LogP contribution in [-0.2, 0) is 4.79 Å². The molecule has 29 heavy (non-hydrogen) atoms. The van der Waals surface area contributed by atoms with Crippen molar-refractivity contribution >= 4 is 34.0 Å². The summed E-state index contributed by atoms with van der Waals surface area (Å²) in [5.41, 5.74) is 3.90. The lowest BCUT2D eigenvalue weighted by Crippen LogP contribution is -2.25. The molecule has 6 nitrogen and oxygen atoms in total. The minimum absolute atomic E-state index is 0.388. The van der Waals surface area contributed by atoms with E-state index in [0.717, 1.165) is 4.47 Å². The van der Waals surface area contributed by atoms with Crippen molar-refractivity contribution in [2.24, 2.45) is 5.10 Å². The van der Waals surface area contributed by atoms with Gasteiger partial charge in [-0.05, 0) is 59.7 Å². The maximum Gasteiger partial charge on any atom is 0.343 e. The predicted molar refractivity (Wildman–Crippen MR) is 113 cm³/mol. The topological polar surface area (TPSA) is 88.0 Å². The van der Waals surface area contributed by atoms with Gasteiger partial charge in [0.05, 0.1) is 11.8 Å². The first-order chi connectivity index (χ1) is 14.0. The van der Waals surface area contributed by atoms with Gasteiger partial charge in [0, 0.05) is 4.47 Å². The molecule has 146 valence electrons. The number of aliphatic hydroxyl groups is 1. The molecule has 0 fully saturated rings. The zero-order valence-electron chi connectivity index (χ0n) is 15.2. The monoisotopic (exact) mass is 452 g/mol. The number of carbonyl (C=O) groups excluding carboxylic acids is 2. The van der Waals surface area contributed by atoms with E-state index in [-0.39, 0.29) is 0 Å². The molecular weight excluding hydrogens is 436 g/mol. The van der Waals surface area contributed by atoms with E-state index < -0.39 is 18.0 Å². The summed E-state index contributed by atoms with van der Waals surface area (Å²) in [4.78, 5) is 24.0. The number of carbonyl (C=O) groups is 2. The average molecular weight is 453 g/mol. The Morgan fingerprint density at radius 3 is 2.28 bits per heavy atom. The van der Waals surface area contributed by atoms with Crippen LogP contribution in [0, 0.1) is 0 Å². The number of rotatable bonds is 6. The highest BCUT2D eigenvalue weighted by atomic mass is 79.9. The van der Waals surface area contributed by atoms with Gasteiger partial charge >= 0.3 is 5.97 Å². The first kappa shape index (κ1) is 20.4. The number of halogens is 1. The van der Waals surface area contributed by atoms with Crippen LogP contribution in [0.15, 0.2) is 88.4 Å². The van der Waals surface area contributed by atoms with Gasteiger partial charge in [0.1, 0.15) is 5.75 Å². The van der Waals surface area contributed by atoms with Gasteiger partial charge in [-0.3, -0.25) is 4.79 Å². The van der Waals surface area contributed by atoms with Gasteiger partial charge in [-0.15, -0.1) is 0 Å². The van der Waals surface area contributed by atoms with Crippen LogP contribution in [-0.4, -0.2) is 23.2 Å². The smallest absolute Gasteiger partial charge is 0.343 e. The number of amides is 1. The lowest BCUT2D eigenvalue weighted by Gasteiger charge is -2.08. The van der Waals surface area contributed by atoms with Crippen LogP contribution in [0.3, 0.4) is 0 Å². The Kier molecular flexibility index (Phi) is 6.89. The molecule has 1 amide bonds. The summed E-state index contributed by atoms with van der Waals surface area (Å²) in [6.45, 7) is 0. The lowest BCUT2D eigenvalue weighted by atomic mass is 10.1. The van der Waals surface area contributed by atoms with Gasteiger partial charge in [0.25, 0.3) is 5.91 Å². The van der Waals surface area contributed by atoms with Crippen LogP contribution in [0.5, 0.6) is 5.75 Å². The van der Waals surface area contributed by atoms with Gasteiger partial charge in [-0.1, -0.05) is 46.3 Å². The molecule has 0 saturated carbocycles. The first-order valence-electron chi connectivity index (χ1n) is 8.66. The molecule has 7 heteroatoms. The van der Waals surface area contributed by atoms with E-state index in [4.69, 9.17) is 4.74 Å². The Labute approximate surface area is 176 Å². The van der Waals surface area contributed by atoms with Crippen molar-refractivity contribution in [3.8, 4) is 5.75 Å². The van der Waals surface area contributed by atoms with Crippen molar-refractivity contribution in [1.29, 1.82) is 0 Å². The van der Waals surface area contributed by atoms with Crippen molar-refractivity contribution in [1.82, 2.24) is 5.43 Å². The molecule has 0 bridgehead atoms. The molecule has 0 aromatic heterocycles. The molecular formula is C22H17BrN2O4. The highest BCUT2D eigenvalue weighted by Gasteiger charge is 2.15. The largest absolute Gasteiger partial charge is 0.423 e. The van der Waals surface area contributed by atoms with Gasteiger partial charge in [-0.25, -0.2) is 10.2 Å². The van der Waals surface area contributed by atoms with Crippen LogP contribution < -0.4 is 10.2 Å². The summed E-state index contributed by atoms with van der Waals surface area (Å²) in [6.07, 6.45) is 0.129. The number of hydrazone groups is 1. The zero-order chi connectivity index (χ0) is 20.6. The summed E-state index contributed by atoms with van der Waals surface area (Å²) >= 11 is 3.31. The van der Waals surface area contributed by atoms with Gasteiger partial charge < -0.3 is 9.84 Å². The summed E-state index contributed by atoms with van der Waals surface area (Å²) < 4.78 is 6.19. The molecule has 0 spiro atoms. The first-order valence-corrected chi connectivity index (χ1v) is 9.46. The van der Waals surface area contributed by atoms with Crippen LogP contribution >= 0.6 is 15.9 Å². The van der Waals surface area contributed by atoms with E-state index in [9.17, 15) is 14.7 Å². The highest BCUT2D eigenvalue weighted by Crippen LogP contribution is 2.16. The minimum atomic E-state index is -1.30. The number of hydrogen-bond donors (Lipinski definition) is 2. The molecule has 1 unspecified atom stereocenters. The number of nitrogens with zero attached hydrogens (tertiary/aromatic N) is 1. The second-order valence-electron chi connectivity index (χ2n) is 6.01. The Balaban J connectivity index is 1.54. The van der Waals surface area contributed by atoms with Crippen molar-refractivity contribution in [2.75, 3.05) is 0 Å². The molecule has 0 saturated heterocycles. The number of aliphatic hydroxyl groups excluding tert-OH is 1. The standard InChI is InChI=1S/C22H17BrN2O4/c23-18-10-8-17(9-11-18)22(28)29-19-12-6-15(7-13-19)14-24-25-21(27)20(26)16-4-2-1-3-5-16/h1-14,20,26H,(H,25,27)/b24-14+. The highest BCUT2D eigenvalue weighted by molar-refractivity contribution is 9.10. The fourth-order valence-corrected chi connectivity index (χ4v) is 2.66. The number of benzene rings is 3. The summed E-state index contributed by atoms with van der Waals surface area (Å²) in [5, 5.41) is 13.8. The molecule has 3 aromatic rings. The molecule has 0 aliphatic rings. The Hall–Kier alpha value is -3.29. The Morgan fingerprint density at radius 2 is 1.62 bits per heavy atom. The molecule has 1 atom stereocenters. The lowest BCUT2D eigenvalue weighted by molar-refractivity contribution is -0.129. The van der Waals surface area contributed by atoms with Crippen molar-refractivity contribution in [2.45, 2.75) is 6.10 Å². The zero-order valence-corrected chi connectivity index (χ0v) is 16.7. The number of ether oxygens (including phenoxy) is 1. The van der Waals surface area contributed by atoms with Crippen LogP contribution in [0.1, 0.15) is 27.6 Å². The molecule has 0 heterocycles. The van der Waals surface area contributed by atoms with E-state index in [1.165, 1.54) is 6.21 Å². The summed E-state index contributed by atoms with van der Waals surface area (Å²) in [7, 11) is 0. The second-order valence-corrected chi connectivity index (χ2v) is 6.93. The van der Waals surface area contributed by atoms with E-state index in [1.54, 1.807) is 78.9 Å². The summed E-state index contributed by atoms with van der Waals surface area (Å²) in [5.74, 6) is -0.702. The number of nitrogens with one attached hydrogen (secondary N) is 1. The molecule has 3 rings (SSSR count). The van der Waals surface area contributed by atoms with Crippen molar-refractivity contribution in [3.63, 3.8) is 0 Å². The molecule has 0 radical (unpaired) electrons. The number of hydrogen-bond acceptors (Lipinski definition) is 5. The molecule has 0 aliphatic heterocycles. The van der Waals surface area contributed by atoms with Crippen molar-refractivity contribution in [3.05, 3.63) is 100 Å². The van der Waals surface area contributed by atoms with Gasteiger partial charge in [-0.2, -0.15) is 5.10 Å². The fourth-order valence-electron chi connectivity index (χ4n) is 2.39. The molecule has 3 aromatic carbocycles. The van der Waals surface area contributed by atoms with Crippen LogP contribution in [0.25, 0.3) is 0 Å². The van der Waals surface area contributed by atoms with Gasteiger partial charge in [0.2, 0.25) is 0 Å². The van der Waals surface area contributed by atoms with Crippen LogP contribution in [0.4, 0.5) is 0 Å². The van der Waals surface area contributed by atoms with Crippen LogP contribution in [0.2, 0.25) is 0 Å². The van der Waals surface area contributed by atoms with Gasteiger partial charge in [0.15, 0.2) is 6.10 Å². The maximum atomic E-state index is 12.1. The predicted octanol–water partition coefficient (Wildman–Crippen LogP) is 3.85. The van der Waals surface area contributed by atoms with E-state index in [1.807, 2.05) is 0 Å². The quantitative estimate of drug-likeness (QED) is 0.257. The molecule has 2 N–H and O–H groups in total. The maximum absolute atomic E-state index is 12.1. The van der Waals surface area contributed by atoms with Crippen molar-refractivity contribution < 1.29 is 19.4 Å². The molecule has 0 aliphatic carbocycles. The third-order valence-electron chi connectivity index (χ3n) is 3.92. The SMILES string of the molecule is O=C(Oc1ccc(/C=N/NC(=O)C(O)c2ccccc2)cc1)c1ccc(Br)cc1. The van der Waals surface area contributed by atoms with E-state index >= 15 is 0 Å². The third-order valence-corrected chi connectivity index (χ3v) is 4.45. The third kappa shape index (κ3) is 5.84. The van der Waals surface area contributed by atoms with E-state index in [0.29, 0.717) is 22.4 Å². The average Bonchev–Trinajstić information content (AvgIpc) is 2.75. The summed E-state index contributed by atoms with van der Waals surface area (Å²) in [6, 6.07) is 22.1. The Bertz CT molecular complexity index is 1000.